The molecule has 2 heterocycles. The summed E-state index contributed by atoms with van der Waals surface area (Å²) in [7, 11) is 0. The first kappa shape index (κ1) is 23.7. The number of aryl methyl sites for hydroxylation is 1. The van der Waals surface area contributed by atoms with Crippen LogP contribution in [0.15, 0.2) is 91.0 Å². The van der Waals surface area contributed by atoms with Crippen molar-refractivity contribution in [3.63, 3.8) is 0 Å². The van der Waals surface area contributed by atoms with Gasteiger partial charge in [-0.1, -0.05) is 66.2 Å². The lowest BCUT2D eigenvalue weighted by Crippen LogP contribution is -2.29. The van der Waals surface area contributed by atoms with Gasteiger partial charge in [-0.05, 0) is 80.6 Å². The second kappa shape index (κ2) is 9.67. The van der Waals surface area contributed by atoms with E-state index < -0.39 is 0 Å². The van der Waals surface area contributed by atoms with Crippen LogP contribution in [0.1, 0.15) is 55.4 Å². The molecule has 2 aliphatic heterocycles. The van der Waals surface area contributed by atoms with E-state index in [-0.39, 0.29) is 5.41 Å². The first-order valence-electron chi connectivity index (χ1n) is 13.8. The fourth-order valence-corrected chi connectivity index (χ4v) is 6.21. The first-order valence-corrected chi connectivity index (χ1v) is 13.8. The number of anilines is 1. The zero-order chi connectivity index (χ0) is 25.4. The van der Waals surface area contributed by atoms with Gasteiger partial charge in [-0.15, -0.1) is 0 Å². The van der Waals surface area contributed by atoms with E-state index >= 15 is 0 Å². The molecule has 2 heteroatoms. The highest BCUT2D eigenvalue weighted by Crippen LogP contribution is 2.44. The monoisotopic (exact) mass is 485 g/mol. The van der Waals surface area contributed by atoms with Crippen molar-refractivity contribution in [2.24, 2.45) is 0 Å². The fraction of sp³-hybridized carbons (Fsp3) is 0.286. The van der Waals surface area contributed by atoms with E-state index in [0.29, 0.717) is 0 Å². The van der Waals surface area contributed by atoms with Crippen LogP contribution in [0.2, 0.25) is 0 Å². The van der Waals surface area contributed by atoms with Gasteiger partial charge >= 0.3 is 0 Å². The third-order valence-electron chi connectivity index (χ3n) is 8.26. The summed E-state index contributed by atoms with van der Waals surface area (Å²) in [5.41, 5.74) is 9.23. The Morgan fingerprint density at radius 1 is 0.784 bits per heavy atom. The molecule has 0 amide bonds. The lowest BCUT2D eigenvalue weighted by atomic mass is 9.79. The molecule has 186 valence electrons. The second-order valence-corrected chi connectivity index (χ2v) is 11.2. The summed E-state index contributed by atoms with van der Waals surface area (Å²) in [6, 6.07) is 31.5. The SMILES string of the molecule is Cc1ccc(C[N+]2=C(/C=C/c3ccc(N4CCCCC4)cc3)C(C)(C)c3c2ccc2ccccc32)cc1. The number of fused-ring (bicyclic) bond motifs is 3. The Balaban J connectivity index is 1.40. The molecule has 0 radical (unpaired) electrons. The topological polar surface area (TPSA) is 6.25 Å². The number of rotatable bonds is 5. The van der Waals surface area contributed by atoms with Gasteiger partial charge in [0.1, 0.15) is 0 Å². The van der Waals surface area contributed by atoms with E-state index in [1.165, 1.54) is 82.5 Å². The molecule has 0 unspecified atom stereocenters. The van der Waals surface area contributed by atoms with E-state index in [2.05, 4.69) is 127 Å². The number of hydrogen-bond acceptors (Lipinski definition) is 1. The molecule has 0 N–H and O–H groups in total. The molecular weight excluding hydrogens is 448 g/mol. The molecule has 0 atom stereocenters. The largest absolute Gasteiger partial charge is 0.372 e. The van der Waals surface area contributed by atoms with Crippen LogP contribution in [-0.4, -0.2) is 23.4 Å². The molecule has 0 aromatic heterocycles. The second-order valence-electron chi connectivity index (χ2n) is 11.2. The summed E-state index contributed by atoms with van der Waals surface area (Å²) in [5.74, 6) is 0. The van der Waals surface area contributed by atoms with E-state index in [1.54, 1.807) is 0 Å². The molecule has 1 fully saturated rings. The lowest BCUT2D eigenvalue weighted by Gasteiger charge is -2.28. The van der Waals surface area contributed by atoms with Crippen molar-refractivity contribution in [2.45, 2.75) is 52.0 Å². The van der Waals surface area contributed by atoms with Gasteiger partial charge in [0.15, 0.2) is 12.3 Å². The van der Waals surface area contributed by atoms with Gasteiger partial charge in [-0.2, -0.15) is 4.58 Å². The van der Waals surface area contributed by atoms with Gasteiger partial charge in [-0.3, -0.25) is 0 Å². The van der Waals surface area contributed by atoms with Crippen LogP contribution < -0.4 is 4.90 Å². The molecule has 1 saturated heterocycles. The summed E-state index contributed by atoms with van der Waals surface area (Å²) in [6.45, 7) is 10.1. The predicted octanol–water partition coefficient (Wildman–Crippen LogP) is 8.43. The number of hydrogen-bond donors (Lipinski definition) is 0. The smallest absolute Gasteiger partial charge is 0.210 e. The standard InChI is InChI=1S/C35H37N2/c1-26-11-13-28(14-12-26)25-37-32-21-18-29-9-5-6-10-31(29)34(32)35(2,3)33(37)22-17-27-15-19-30(20-16-27)36-23-7-4-8-24-36/h5-6,9-22H,4,7-8,23-25H2,1-3H3/q+1. The minimum atomic E-state index is -0.106. The van der Waals surface area contributed by atoms with Crippen molar-refractivity contribution in [3.05, 3.63) is 113 Å². The van der Waals surface area contributed by atoms with E-state index in [0.717, 1.165) is 6.54 Å². The highest BCUT2D eigenvalue weighted by atomic mass is 15.1. The van der Waals surface area contributed by atoms with E-state index in [4.69, 9.17) is 0 Å². The third-order valence-corrected chi connectivity index (χ3v) is 8.26. The first-order chi connectivity index (χ1) is 18.0. The van der Waals surface area contributed by atoms with Gasteiger partial charge < -0.3 is 4.90 Å². The minimum absolute atomic E-state index is 0.106. The number of nitrogens with zero attached hydrogens (tertiary/aromatic N) is 2. The maximum absolute atomic E-state index is 2.53. The molecule has 37 heavy (non-hydrogen) atoms. The molecule has 0 aliphatic carbocycles. The Kier molecular flexibility index (Phi) is 6.20. The van der Waals surface area contributed by atoms with Crippen LogP contribution in [0.5, 0.6) is 0 Å². The summed E-state index contributed by atoms with van der Waals surface area (Å²) >= 11 is 0. The van der Waals surface area contributed by atoms with Crippen LogP contribution in [0.3, 0.4) is 0 Å². The maximum atomic E-state index is 2.53. The van der Waals surface area contributed by atoms with Crippen molar-refractivity contribution >= 4 is 33.9 Å². The van der Waals surface area contributed by atoms with Crippen molar-refractivity contribution in [1.29, 1.82) is 0 Å². The molecule has 2 nitrogen and oxygen atoms in total. The average molecular weight is 486 g/mol. The Labute approximate surface area is 221 Å². The molecule has 6 rings (SSSR count). The van der Waals surface area contributed by atoms with Crippen molar-refractivity contribution < 1.29 is 4.58 Å². The number of allylic oxidation sites excluding steroid dienone is 1. The Morgan fingerprint density at radius 2 is 1.51 bits per heavy atom. The van der Waals surface area contributed by atoms with Gasteiger partial charge in [0.05, 0.1) is 5.41 Å². The minimum Gasteiger partial charge on any atom is -0.372 e. The highest BCUT2D eigenvalue weighted by Gasteiger charge is 2.45. The lowest BCUT2D eigenvalue weighted by molar-refractivity contribution is -0.454. The molecular formula is C35H37N2+. The normalized spacial score (nSPS) is 17.1. The van der Waals surface area contributed by atoms with Gasteiger partial charge in [0.25, 0.3) is 0 Å². The molecule has 0 spiro atoms. The molecule has 0 bridgehead atoms. The maximum Gasteiger partial charge on any atom is 0.210 e. The summed E-state index contributed by atoms with van der Waals surface area (Å²) < 4.78 is 2.53. The highest BCUT2D eigenvalue weighted by molar-refractivity contribution is 6.09. The van der Waals surface area contributed by atoms with Crippen LogP contribution in [0.25, 0.3) is 16.8 Å². The van der Waals surface area contributed by atoms with Crippen LogP contribution in [-0.2, 0) is 12.0 Å². The Morgan fingerprint density at radius 3 is 2.27 bits per heavy atom. The van der Waals surface area contributed by atoms with Gasteiger partial charge in [-0.25, -0.2) is 0 Å². The van der Waals surface area contributed by atoms with Crippen molar-refractivity contribution in [3.8, 4) is 0 Å². The summed E-state index contributed by atoms with van der Waals surface area (Å²) in [4.78, 5) is 2.52. The Hall–Kier alpha value is -3.65. The zero-order valence-corrected chi connectivity index (χ0v) is 22.4. The van der Waals surface area contributed by atoms with E-state index in [1.807, 2.05) is 0 Å². The molecule has 4 aromatic carbocycles. The summed E-state index contributed by atoms with van der Waals surface area (Å²) in [5, 5.41) is 2.66. The molecule has 0 saturated carbocycles. The molecule has 4 aromatic rings. The predicted molar refractivity (Wildman–Crippen MR) is 158 cm³/mol. The van der Waals surface area contributed by atoms with Crippen molar-refractivity contribution in [2.75, 3.05) is 18.0 Å². The summed E-state index contributed by atoms with van der Waals surface area (Å²) in [6.07, 6.45) is 8.64. The number of piperidine rings is 1. The average Bonchev–Trinajstić information content (AvgIpc) is 3.15. The Bertz CT molecular complexity index is 1480. The van der Waals surface area contributed by atoms with Crippen molar-refractivity contribution in [1.82, 2.24) is 0 Å². The van der Waals surface area contributed by atoms with Crippen LogP contribution in [0.4, 0.5) is 11.4 Å². The zero-order valence-electron chi connectivity index (χ0n) is 22.4. The van der Waals surface area contributed by atoms with Gasteiger partial charge in [0, 0.05) is 42.0 Å². The molecule has 2 aliphatic rings. The fourth-order valence-electron chi connectivity index (χ4n) is 6.21. The number of benzene rings is 4. The van der Waals surface area contributed by atoms with E-state index in [9.17, 15) is 0 Å². The quantitative estimate of drug-likeness (QED) is 0.257. The van der Waals surface area contributed by atoms with Crippen LogP contribution >= 0.6 is 0 Å². The third kappa shape index (κ3) is 4.50. The van der Waals surface area contributed by atoms with Gasteiger partial charge in [0.2, 0.25) is 5.69 Å². The van der Waals surface area contributed by atoms with Crippen LogP contribution in [0, 0.1) is 6.92 Å².